The minimum atomic E-state index is -1.24. The second kappa shape index (κ2) is 12.0. The molecule has 278 valence electrons. The van der Waals surface area contributed by atoms with Crippen molar-refractivity contribution in [1.29, 1.82) is 5.26 Å². The lowest BCUT2D eigenvalue weighted by molar-refractivity contribution is -0.155. The van der Waals surface area contributed by atoms with Gasteiger partial charge in [-0.05, 0) is 49.4 Å². The number of aromatic amines is 1. The van der Waals surface area contributed by atoms with Crippen LogP contribution in [-0.4, -0.2) is 77.9 Å². The average molecular weight is 750 g/mol. The Bertz CT molecular complexity index is 2350. The summed E-state index contributed by atoms with van der Waals surface area (Å²) in [5.74, 6) is 1.10. The number of nitrogens with one attached hydrogen (secondary N) is 3. The van der Waals surface area contributed by atoms with Crippen LogP contribution < -0.4 is 29.6 Å². The van der Waals surface area contributed by atoms with Crippen LogP contribution in [0.2, 0.25) is 0 Å². The second-order valence-corrected chi connectivity index (χ2v) is 16.1. The number of nitriles is 1. The van der Waals surface area contributed by atoms with E-state index in [-0.39, 0.29) is 30.9 Å². The molecule has 4 aromatic rings. The van der Waals surface area contributed by atoms with E-state index in [1.165, 1.54) is 18.7 Å². The van der Waals surface area contributed by atoms with Crippen LogP contribution in [0.3, 0.4) is 0 Å². The minimum absolute atomic E-state index is 0.0368. The molecule has 3 aromatic carbocycles. The van der Waals surface area contributed by atoms with Crippen molar-refractivity contribution in [2.24, 2.45) is 0 Å². The van der Waals surface area contributed by atoms with Gasteiger partial charge < -0.3 is 39.1 Å². The summed E-state index contributed by atoms with van der Waals surface area (Å²) in [5, 5.41) is 30.9. The van der Waals surface area contributed by atoms with Crippen LogP contribution in [0.1, 0.15) is 68.9 Å². The maximum Gasteiger partial charge on any atom is 0.333 e. The number of carbonyl (C=O) groups is 2. The molecule has 54 heavy (non-hydrogen) atoms. The highest BCUT2D eigenvalue weighted by atomic mass is 32.2. The molecule has 0 amide bonds. The molecule has 11 rings (SSSR count). The van der Waals surface area contributed by atoms with Crippen molar-refractivity contribution in [3.63, 3.8) is 0 Å². The fourth-order valence-electron chi connectivity index (χ4n) is 10.2. The highest BCUT2D eigenvalue weighted by molar-refractivity contribution is 7.99. The largest absolute Gasteiger partial charge is 0.504 e. The van der Waals surface area contributed by atoms with Crippen molar-refractivity contribution in [2.75, 3.05) is 32.8 Å². The van der Waals surface area contributed by atoms with Gasteiger partial charge >= 0.3 is 11.9 Å². The fourth-order valence-corrected chi connectivity index (χ4v) is 11.9. The molecule has 13 nitrogen and oxygen atoms in total. The van der Waals surface area contributed by atoms with Gasteiger partial charge in [0, 0.05) is 64.5 Å². The van der Waals surface area contributed by atoms with E-state index in [0.717, 1.165) is 45.3 Å². The SMILES string of the molecule is COc1c(C)cc2c(c1O)[C@H]1N[C@@H](C2)[C@H](C#N)N2C1[C@@H]1SC[C@]3(NCCc4c3[nH]c3ccccc43)C(=O)OC[C@H]2c2c3c(c(C)c(OC(C)=O)c21)OCO3. The number of para-hydroxylation sites is 1. The molecule has 1 unspecified atom stereocenters. The molecule has 7 atom stereocenters. The van der Waals surface area contributed by atoms with Gasteiger partial charge in [-0.2, -0.15) is 5.26 Å². The Hall–Kier alpha value is -4.94. The predicted molar refractivity (Wildman–Crippen MR) is 197 cm³/mol. The third kappa shape index (κ3) is 4.43. The number of phenols is 1. The molecule has 1 aromatic heterocycles. The summed E-state index contributed by atoms with van der Waals surface area (Å²) in [5.41, 5.74) is 6.04. The summed E-state index contributed by atoms with van der Waals surface area (Å²) in [7, 11) is 1.55. The van der Waals surface area contributed by atoms with Crippen LogP contribution >= 0.6 is 11.8 Å². The standard InChI is InChI=1S/C40H39N5O8S/c1-17-11-20-12-24-25(13-41)45-26-14-50-39(48)40(38-22(9-10-42-40)21-7-5-6-8-23(21)44-38)15-54-37(31(45)30(43-24)27(20)32(47)33(17)49-4)29-28(26)36-35(51-16-52-36)18(2)34(29)53-19(3)46/h5-8,11,24-26,30-31,37,42-44,47H,9-10,12,14-16H2,1-4H3/t24-,25-,26-,30+,31?,37+,40+/m0/s1. The summed E-state index contributed by atoms with van der Waals surface area (Å²) >= 11 is 1.54. The van der Waals surface area contributed by atoms with Crippen LogP contribution in [0.25, 0.3) is 10.9 Å². The van der Waals surface area contributed by atoms with Crippen LogP contribution in [0.4, 0.5) is 0 Å². The van der Waals surface area contributed by atoms with Gasteiger partial charge in [-0.25, -0.2) is 4.79 Å². The lowest BCUT2D eigenvalue weighted by Gasteiger charge is -2.59. The van der Waals surface area contributed by atoms with Gasteiger partial charge in [-0.15, -0.1) is 11.8 Å². The van der Waals surface area contributed by atoms with Gasteiger partial charge in [0.1, 0.15) is 18.4 Å². The van der Waals surface area contributed by atoms with Crippen molar-refractivity contribution in [3.8, 4) is 34.8 Å². The van der Waals surface area contributed by atoms with E-state index in [0.29, 0.717) is 52.7 Å². The number of thioether (sulfide) groups is 1. The predicted octanol–water partition coefficient (Wildman–Crippen LogP) is 4.41. The molecule has 14 heteroatoms. The first-order valence-corrected chi connectivity index (χ1v) is 19.3. The molecule has 4 N–H and O–H groups in total. The van der Waals surface area contributed by atoms with Gasteiger partial charge in [-0.3, -0.25) is 15.0 Å². The first kappa shape index (κ1) is 33.6. The quantitative estimate of drug-likeness (QED) is 0.168. The number of carbonyl (C=O) groups excluding carboxylic acids is 2. The molecule has 0 radical (unpaired) electrons. The third-order valence-corrected chi connectivity index (χ3v) is 13.8. The number of aromatic hydroxyl groups is 1. The van der Waals surface area contributed by atoms with Crippen LogP contribution in [-0.2, 0) is 32.7 Å². The number of hydrogen-bond donors (Lipinski definition) is 4. The van der Waals surface area contributed by atoms with E-state index in [1.807, 2.05) is 38.1 Å². The number of hydrogen-bond acceptors (Lipinski definition) is 13. The van der Waals surface area contributed by atoms with Crippen LogP contribution in [0.5, 0.6) is 28.7 Å². The number of rotatable bonds is 2. The highest BCUT2D eigenvalue weighted by Crippen LogP contribution is 2.63. The first-order valence-electron chi connectivity index (χ1n) is 18.3. The molecule has 0 saturated carbocycles. The lowest BCUT2D eigenvalue weighted by atomic mass is 9.72. The molecule has 7 aliphatic rings. The number of nitrogens with zero attached hydrogens (tertiary/aromatic N) is 2. The molecule has 8 heterocycles. The summed E-state index contributed by atoms with van der Waals surface area (Å²) in [6, 6.07) is 10.1. The Labute approximate surface area is 315 Å². The fraction of sp³-hybridized carbons (Fsp3) is 0.425. The number of ether oxygens (including phenoxy) is 5. The van der Waals surface area contributed by atoms with Crippen molar-refractivity contribution >= 4 is 34.6 Å². The second-order valence-electron chi connectivity index (χ2n) is 15.0. The van der Waals surface area contributed by atoms with Gasteiger partial charge in [0.25, 0.3) is 0 Å². The van der Waals surface area contributed by atoms with E-state index in [1.54, 1.807) is 7.11 Å². The monoisotopic (exact) mass is 749 g/mol. The zero-order valence-electron chi connectivity index (χ0n) is 30.2. The Morgan fingerprint density at radius 3 is 2.74 bits per heavy atom. The van der Waals surface area contributed by atoms with Crippen molar-refractivity contribution in [1.82, 2.24) is 20.5 Å². The van der Waals surface area contributed by atoms with Crippen molar-refractivity contribution in [3.05, 3.63) is 75.0 Å². The van der Waals surface area contributed by atoms with Gasteiger partial charge in [-0.1, -0.05) is 24.3 Å². The molecule has 4 bridgehead atoms. The van der Waals surface area contributed by atoms with Crippen molar-refractivity contribution < 1.29 is 38.4 Å². The topological polar surface area (TPSA) is 167 Å². The molecule has 2 saturated heterocycles. The van der Waals surface area contributed by atoms with E-state index in [9.17, 15) is 20.0 Å². The molecule has 0 aliphatic carbocycles. The van der Waals surface area contributed by atoms with Gasteiger partial charge in [0.2, 0.25) is 6.79 Å². The van der Waals surface area contributed by atoms with Crippen LogP contribution in [0, 0.1) is 25.2 Å². The number of aromatic nitrogens is 1. The number of phenolic OH excluding ortho intramolecular Hbond substituents is 1. The summed E-state index contributed by atoms with van der Waals surface area (Å²) in [6.07, 6.45) is 1.22. The Kier molecular flexibility index (Phi) is 7.49. The Morgan fingerprint density at radius 2 is 1.94 bits per heavy atom. The number of piperazine rings is 1. The first-order chi connectivity index (χ1) is 26.2. The Morgan fingerprint density at radius 1 is 1.13 bits per heavy atom. The number of aryl methyl sites for hydroxylation is 1. The Balaban J connectivity index is 1.24. The molecule has 7 aliphatic heterocycles. The number of H-pyrrole nitrogens is 1. The zero-order chi connectivity index (χ0) is 37.2. The number of esters is 2. The summed E-state index contributed by atoms with van der Waals surface area (Å²) < 4.78 is 30.6. The third-order valence-electron chi connectivity index (χ3n) is 12.3. The van der Waals surface area contributed by atoms with E-state index in [2.05, 4.69) is 32.7 Å². The minimum Gasteiger partial charge on any atom is -0.504 e. The van der Waals surface area contributed by atoms with Gasteiger partial charge in [0.05, 0.1) is 36.2 Å². The van der Waals surface area contributed by atoms with E-state index in [4.69, 9.17) is 23.7 Å². The number of benzene rings is 3. The zero-order valence-corrected chi connectivity index (χ0v) is 31.0. The number of methoxy groups -OCH3 is 1. The van der Waals surface area contributed by atoms with Gasteiger partial charge in [0.15, 0.2) is 28.5 Å². The molecule has 1 spiro atoms. The molecular weight excluding hydrogens is 711 g/mol. The smallest absolute Gasteiger partial charge is 0.333 e. The number of fused-ring (bicyclic) bond motifs is 11. The maximum absolute atomic E-state index is 14.8. The summed E-state index contributed by atoms with van der Waals surface area (Å²) in [4.78, 5) is 33.4. The normalized spacial score (nSPS) is 29.1. The summed E-state index contributed by atoms with van der Waals surface area (Å²) in [6.45, 7) is 5.53. The molecule has 2 fully saturated rings. The average Bonchev–Trinajstić information content (AvgIpc) is 3.80. The lowest BCUT2D eigenvalue weighted by Crippen LogP contribution is -2.69. The molecular formula is C40H39N5O8S. The van der Waals surface area contributed by atoms with E-state index >= 15 is 0 Å². The van der Waals surface area contributed by atoms with Crippen molar-refractivity contribution in [2.45, 2.75) is 74.6 Å². The maximum atomic E-state index is 14.8. The highest BCUT2D eigenvalue weighted by Gasteiger charge is 2.60. The van der Waals surface area contributed by atoms with Crippen LogP contribution in [0.15, 0.2) is 30.3 Å². The van der Waals surface area contributed by atoms with E-state index < -0.39 is 46.9 Å².